The van der Waals surface area contributed by atoms with E-state index in [2.05, 4.69) is 10.5 Å². The summed E-state index contributed by atoms with van der Waals surface area (Å²) in [6.07, 6.45) is 1.63. The summed E-state index contributed by atoms with van der Waals surface area (Å²) >= 11 is 0. The molecule has 2 rings (SSSR count). The topological polar surface area (TPSA) is 78.4 Å². The van der Waals surface area contributed by atoms with Crippen molar-refractivity contribution in [2.75, 3.05) is 21.3 Å². The van der Waals surface area contributed by atoms with Crippen LogP contribution < -0.4 is 24.4 Å². The maximum absolute atomic E-state index is 12.4. The Bertz CT molecular complexity index is 793. The van der Waals surface area contributed by atoms with E-state index in [0.29, 0.717) is 22.8 Å². The molecule has 0 aliphatic rings. The van der Waals surface area contributed by atoms with Gasteiger partial charge in [0.2, 0.25) is 5.75 Å². The van der Waals surface area contributed by atoms with Crippen LogP contribution in [-0.4, -0.2) is 39.6 Å². The molecular formula is C20H24N2O5. The molecule has 7 heteroatoms. The summed E-state index contributed by atoms with van der Waals surface area (Å²) in [5.74, 6) is 1.54. The van der Waals surface area contributed by atoms with Crippen molar-refractivity contribution < 1.29 is 23.7 Å². The number of benzene rings is 2. The van der Waals surface area contributed by atoms with E-state index in [1.54, 1.807) is 18.3 Å². The van der Waals surface area contributed by atoms with Crippen molar-refractivity contribution in [3.8, 4) is 23.0 Å². The second-order valence-corrected chi connectivity index (χ2v) is 5.85. The van der Waals surface area contributed by atoms with E-state index >= 15 is 0 Å². The van der Waals surface area contributed by atoms with Crippen molar-refractivity contribution in [2.24, 2.45) is 5.10 Å². The van der Waals surface area contributed by atoms with Gasteiger partial charge in [-0.15, -0.1) is 0 Å². The maximum Gasteiger partial charge on any atom is 0.271 e. The Morgan fingerprint density at radius 1 is 1.04 bits per heavy atom. The summed E-state index contributed by atoms with van der Waals surface area (Å²) in [6, 6.07) is 10.6. The van der Waals surface area contributed by atoms with E-state index in [1.807, 2.05) is 38.1 Å². The van der Waals surface area contributed by atoms with Gasteiger partial charge in [0.1, 0.15) is 5.75 Å². The molecule has 0 saturated carbocycles. The molecule has 144 valence electrons. The third-order valence-electron chi connectivity index (χ3n) is 3.54. The Morgan fingerprint density at radius 2 is 1.70 bits per heavy atom. The summed E-state index contributed by atoms with van der Waals surface area (Å²) in [6.45, 7) is 3.91. The third-order valence-corrected chi connectivity index (χ3v) is 3.54. The average molecular weight is 372 g/mol. The maximum atomic E-state index is 12.4. The molecule has 0 spiro atoms. The van der Waals surface area contributed by atoms with Gasteiger partial charge < -0.3 is 18.9 Å². The quantitative estimate of drug-likeness (QED) is 0.568. The normalized spacial score (nSPS) is 10.7. The fourth-order valence-corrected chi connectivity index (χ4v) is 2.38. The van der Waals surface area contributed by atoms with E-state index in [4.69, 9.17) is 18.9 Å². The summed E-state index contributed by atoms with van der Waals surface area (Å²) in [5, 5.41) is 4.00. The van der Waals surface area contributed by atoms with Crippen molar-refractivity contribution in [2.45, 2.75) is 20.0 Å². The molecule has 0 fully saturated rings. The number of nitrogens with one attached hydrogen (secondary N) is 1. The van der Waals surface area contributed by atoms with Crippen LogP contribution in [-0.2, 0) is 0 Å². The number of hydrogen-bond donors (Lipinski definition) is 1. The monoisotopic (exact) mass is 372 g/mol. The van der Waals surface area contributed by atoms with Crippen molar-refractivity contribution in [3.63, 3.8) is 0 Å². The van der Waals surface area contributed by atoms with Crippen LogP contribution in [0.3, 0.4) is 0 Å². The van der Waals surface area contributed by atoms with Gasteiger partial charge in [0.15, 0.2) is 11.5 Å². The molecule has 0 atom stereocenters. The van der Waals surface area contributed by atoms with Crippen LogP contribution in [0.5, 0.6) is 23.0 Å². The number of nitrogens with zero attached hydrogens (tertiary/aromatic N) is 1. The first-order valence-electron chi connectivity index (χ1n) is 8.38. The Morgan fingerprint density at radius 3 is 2.26 bits per heavy atom. The van der Waals surface area contributed by atoms with Crippen LogP contribution in [0, 0.1) is 0 Å². The summed E-state index contributed by atoms with van der Waals surface area (Å²) in [4.78, 5) is 12.4. The van der Waals surface area contributed by atoms with E-state index in [9.17, 15) is 4.79 Å². The van der Waals surface area contributed by atoms with Crippen molar-refractivity contribution in [1.29, 1.82) is 0 Å². The summed E-state index contributed by atoms with van der Waals surface area (Å²) in [5.41, 5.74) is 3.62. The van der Waals surface area contributed by atoms with Crippen molar-refractivity contribution in [3.05, 3.63) is 47.5 Å². The fourth-order valence-electron chi connectivity index (χ4n) is 2.38. The highest BCUT2D eigenvalue weighted by molar-refractivity contribution is 5.96. The number of methoxy groups -OCH3 is 3. The highest BCUT2D eigenvalue weighted by atomic mass is 16.5. The van der Waals surface area contributed by atoms with Gasteiger partial charge in [0.05, 0.1) is 33.6 Å². The number of carbonyl (C=O) groups excluding carboxylic acids is 1. The zero-order chi connectivity index (χ0) is 19.8. The Kier molecular flexibility index (Phi) is 7.05. The molecule has 0 radical (unpaired) electrons. The molecule has 2 aromatic rings. The molecule has 0 saturated heterocycles. The highest BCUT2D eigenvalue weighted by Crippen LogP contribution is 2.38. The highest BCUT2D eigenvalue weighted by Gasteiger charge is 2.16. The van der Waals surface area contributed by atoms with Crippen LogP contribution in [0.2, 0.25) is 0 Å². The van der Waals surface area contributed by atoms with E-state index in [1.165, 1.54) is 21.3 Å². The van der Waals surface area contributed by atoms with Gasteiger partial charge in [-0.2, -0.15) is 5.10 Å². The third kappa shape index (κ3) is 5.37. The van der Waals surface area contributed by atoms with Crippen LogP contribution in [0.4, 0.5) is 0 Å². The lowest BCUT2D eigenvalue weighted by atomic mass is 10.1. The van der Waals surface area contributed by atoms with Crippen LogP contribution in [0.1, 0.15) is 29.8 Å². The van der Waals surface area contributed by atoms with E-state index in [0.717, 1.165) is 11.3 Å². The first kappa shape index (κ1) is 20.1. The molecule has 0 aliphatic carbocycles. The molecule has 2 aromatic carbocycles. The molecular weight excluding hydrogens is 348 g/mol. The Balaban J connectivity index is 2.12. The smallest absolute Gasteiger partial charge is 0.271 e. The number of amides is 1. The molecule has 7 nitrogen and oxygen atoms in total. The molecule has 0 aromatic heterocycles. The number of rotatable bonds is 8. The van der Waals surface area contributed by atoms with Gasteiger partial charge in [-0.3, -0.25) is 4.79 Å². The minimum absolute atomic E-state index is 0.0805. The zero-order valence-electron chi connectivity index (χ0n) is 16.1. The largest absolute Gasteiger partial charge is 0.493 e. The molecule has 1 N–H and O–H groups in total. The van der Waals surface area contributed by atoms with E-state index < -0.39 is 5.91 Å². The lowest BCUT2D eigenvalue weighted by molar-refractivity contribution is 0.0954. The lowest BCUT2D eigenvalue weighted by Crippen LogP contribution is -2.18. The van der Waals surface area contributed by atoms with Crippen molar-refractivity contribution in [1.82, 2.24) is 5.43 Å². The average Bonchev–Trinajstić information content (AvgIpc) is 2.66. The molecule has 0 bridgehead atoms. The van der Waals surface area contributed by atoms with Gasteiger partial charge >= 0.3 is 0 Å². The molecule has 0 heterocycles. The second-order valence-electron chi connectivity index (χ2n) is 5.85. The SMILES string of the molecule is COc1cc(C(=O)NN=Cc2cccc(OC(C)C)c2)cc(OC)c1OC. The van der Waals surface area contributed by atoms with Gasteiger partial charge in [-0.05, 0) is 43.7 Å². The predicted octanol–water partition coefficient (Wildman–Crippen LogP) is 3.26. The van der Waals surface area contributed by atoms with Gasteiger partial charge in [-0.1, -0.05) is 12.1 Å². The first-order valence-corrected chi connectivity index (χ1v) is 8.38. The van der Waals surface area contributed by atoms with Gasteiger partial charge in [-0.25, -0.2) is 5.43 Å². The molecule has 1 amide bonds. The van der Waals surface area contributed by atoms with Crippen LogP contribution in [0.25, 0.3) is 0 Å². The van der Waals surface area contributed by atoms with Gasteiger partial charge in [0.25, 0.3) is 5.91 Å². The zero-order valence-corrected chi connectivity index (χ0v) is 16.1. The lowest BCUT2D eigenvalue weighted by Gasteiger charge is -2.13. The van der Waals surface area contributed by atoms with Crippen molar-refractivity contribution >= 4 is 12.1 Å². The fraction of sp³-hybridized carbons (Fsp3) is 0.300. The standard InChI is InChI=1S/C20H24N2O5/c1-13(2)27-16-8-6-7-14(9-16)12-21-22-20(23)15-10-17(24-3)19(26-5)18(11-15)25-4/h6-13H,1-5H3,(H,22,23). The number of hydrogen-bond acceptors (Lipinski definition) is 6. The van der Waals surface area contributed by atoms with Crippen LogP contribution >= 0.6 is 0 Å². The summed E-state index contributed by atoms with van der Waals surface area (Å²) in [7, 11) is 4.48. The molecule has 0 unspecified atom stereocenters. The predicted molar refractivity (Wildman–Crippen MR) is 103 cm³/mol. The second kappa shape index (κ2) is 9.47. The molecule has 27 heavy (non-hydrogen) atoms. The number of carbonyl (C=O) groups is 1. The number of hydrazone groups is 1. The minimum atomic E-state index is -0.403. The number of ether oxygens (including phenoxy) is 4. The Labute approximate surface area is 158 Å². The summed E-state index contributed by atoms with van der Waals surface area (Å²) < 4.78 is 21.4. The minimum Gasteiger partial charge on any atom is -0.493 e. The van der Waals surface area contributed by atoms with E-state index in [-0.39, 0.29) is 6.10 Å². The first-order chi connectivity index (χ1) is 13.0. The Hall–Kier alpha value is -3.22. The molecule has 0 aliphatic heterocycles. The van der Waals surface area contributed by atoms with Gasteiger partial charge in [0, 0.05) is 5.56 Å². The van der Waals surface area contributed by atoms with Crippen LogP contribution in [0.15, 0.2) is 41.5 Å².